The highest BCUT2D eigenvalue weighted by molar-refractivity contribution is 5.75. The van der Waals surface area contributed by atoms with Crippen LogP contribution in [0.1, 0.15) is 12.8 Å². The molecule has 1 aliphatic rings. The lowest BCUT2D eigenvalue weighted by molar-refractivity contribution is -0.121. The van der Waals surface area contributed by atoms with Gasteiger partial charge >= 0.3 is 0 Å². The third-order valence-corrected chi connectivity index (χ3v) is 3.99. The Bertz CT molecular complexity index is 565. The standard InChI is InChI=1S/C17H21N3O/c21-17(14-19-10-4-5-11-19)18-13-16-9-6-12-20(16)15-7-2-1-3-8-15/h1-5,7-8,10-11,16H,6,9,12-14H2,(H,18,21)/t16-/m1/s1. The number of carbonyl (C=O) groups excluding carboxylic acids is 1. The summed E-state index contributed by atoms with van der Waals surface area (Å²) in [5.41, 5.74) is 1.25. The Morgan fingerprint density at radius 3 is 2.67 bits per heavy atom. The molecular weight excluding hydrogens is 262 g/mol. The van der Waals surface area contributed by atoms with Gasteiger partial charge in [0.05, 0.1) is 0 Å². The molecule has 1 N–H and O–H groups in total. The van der Waals surface area contributed by atoms with Crippen LogP contribution in [0.2, 0.25) is 0 Å². The number of para-hydroxylation sites is 1. The van der Waals surface area contributed by atoms with Crippen molar-refractivity contribution in [2.45, 2.75) is 25.4 Å². The Morgan fingerprint density at radius 1 is 1.14 bits per heavy atom. The quantitative estimate of drug-likeness (QED) is 0.914. The average molecular weight is 283 g/mol. The summed E-state index contributed by atoms with van der Waals surface area (Å²) in [6, 6.07) is 14.7. The van der Waals surface area contributed by atoms with Crippen LogP contribution >= 0.6 is 0 Å². The van der Waals surface area contributed by atoms with E-state index in [4.69, 9.17) is 0 Å². The molecule has 0 saturated carbocycles. The molecular formula is C17H21N3O. The SMILES string of the molecule is O=C(Cn1cccc1)NC[C@H]1CCCN1c1ccccc1. The fourth-order valence-electron chi connectivity index (χ4n) is 2.94. The number of hydrogen-bond donors (Lipinski definition) is 1. The van der Waals surface area contributed by atoms with Crippen LogP contribution in [0.5, 0.6) is 0 Å². The summed E-state index contributed by atoms with van der Waals surface area (Å²) in [6.07, 6.45) is 6.14. The summed E-state index contributed by atoms with van der Waals surface area (Å²) < 4.78 is 1.89. The van der Waals surface area contributed by atoms with Crippen molar-refractivity contribution in [3.8, 4) is 0 Å². The van der Waals surface area contributed by atoms with Crippen LogP contribution in [0.25, 0.3) is 0 Å². The molecule has 0 aliphatic carbocycles. The minimum atomic E-state index is 0.0751. The van der Waals surface area contributed by atoms with Crippen molar-refractivity contribution in [2.75, 3.05) is 18.0 Å². The van der Waals surface area contributed by atoms with Crippen LogP contribution < -0.4 is 10.2 Å². The largest absolute Gasteiger partial charge is 0.367 e. The van der Waals surface area contributed by atoms with E-state index in [-0.39, 0.29) is 5.91 Å². The van der Waals surface area contributed by atoms with Gasteiger partial charge in [-0.1, -0.05) is 18.2 Å². The van der Waals surface area contributed by atoms with Gasteiger partial charge in [-0.3, -0.25) is 4.79 Å². The van der Waals surface area contributed by atoms with Gasteiger partial charge in [-0.2, -0.15) is 0 Å². The lowest BCUT2D eigenvalue weighted by Crippen LogP contribution is -2.41. The van der Waals surface area contributed by atoms with E-state index in [1.54, 1.807) is 0 Å². The van der Waals surface area contributed by atoms with E-state index < -0.39 is 0 Å². The van der Waals surface area contributed by atoms with Gasteiger partial charge in [0.25, 0.3) is 0 Å². The Morgan fingerprint density at radius 2 is 1.90 bits per heavy atom. The van der Waals surface area contributed by atoms with Gasteiger partial charge in [0.1, 0.15) is 6.54 Å². The maximum absolute atomic E-state index is 12.0. The highest BCUT2D eigenvalue weighted by Crippen LogP contribution is 2.24. The van der Waals surface area contributed by atoms with E-state index in [1.165, 1.54) is 12.1 Å². The summed E-state index contributed by atoms with van der Waals surface area (Å²) in [5, 5.41) is 3.06. The lowest BCUT2D eigenvalue weighted by Gasteiger charge is -2.27. The maximum Gasteiger partial charge on any atom is 0.239 e. The monoisotopic (exact) mass is 283 g/mol. The molecule has 0 radical (unpaired) electrons. The minimum absolute atomic E-state index is 0.0751. The Labute approximate surface area is 125 Å². The maximum atomic E-state index is 12.0. The molecule has 1 saturated heterocycles. The number of hydrogen-bond acceptors (Lipinski definition) is 2. The minimum Gasteiger partial charge on any atom is -0.367 e. The molecule has 0 bridgehead atoms. The van der Waals surface area contributed by atoms with E-state index >= 15 is 0 Å². The fourth-order valence-corrected chi connectivity index (χ4v) is 2.94. The Kier molecular flexibility index (Phi) is 4.24. The van der Waals surface area contributed by atoms with Crippen LogP contribution in [-0.4, -0.2) is 29.6 Å². The van der Waals surface area contributed by atoms with E-state index in [0.29, 0.717) is 12.6 Å². The first-order valence-corrected chi connectivity index (χ1v) is 7.52. The van der Waals surface area contributed by atoms with Gasteiger partial charge < -0.3 is 14.8 Å². The second-order valence-electron chi connectivity index (χ2n) is 5.48. The number of aromatic nitrogens is 1. The molecule has 4 nitrogen and oxygen atoms in total. The first-order valence-electron chi connectivity index (χ1n) is 7.52. The molecule has 110 valence electrons. The molecule has 0 unspecified atom stereocenters. The lowest BCUT2D eigenvalue weighted by atomic mass is 10.2. The van der Waals surface area contributed by atoms with Gasteiger partial charge in [-0.05, 0) is 37.1 Å². The summed E-state index contributed by atoms with van der Waals surface area (Å²) in [4.78, 5) is 14.4. The van der Waals surface area contributed by atoms with Crippen LogP contribution in [0.3, 0.4) is 0 Å². The zero-order valence-corrected chi connectivity index (χ0v) is 12.1. The number of carbonyl (C=O) groups is 1. The molecule has 3 rings (SSSR count). The summed E-state index contributed by atoms with van der Waals surface area (Å²) >= 11 is 0. The van der Waals surface area contributed by atoms with Gasteiger partial charge in [0, 0.05) is 37.2 Å². The van der Waals surface area contributed by atoms with E-state index in [9.17, 15) is 4.79 Å². The second kappa shape index (κ2) is 6.48. The van der Waals surface area contributed by atoms with Gasteiger partial charge in [-0.25, -0.2) is 0 Å². The van der Waals surface area contributed by atoms with Crippen molar-refractivity contribution in [3.05, 3.63) is 54.9 Å². The van der Waals surface area contributed by atoms with Crippen LogP contribution in [0, 0.1) is 0 Å². The Hall–Kier alpha value is -2.23. The molecule has 1 aliphatic heterocycles. The molecule has 4 heteroatoms. The predicted octanol–water partition coefficient (Wildman–Crippen LogP) is 2.27. The van der Waals surface area contributed by atoms with Crippen LogP contribution in [-0.2, 0) is 11.3 Å². The summed E-state index contributed by atoms with van der Waals surface area (Å²) in [6.45, 7) is 2.18. The number of amides is 1. The van der Waals surface area contributed by atoms with Crippen LogP contribution in [0.15, 0.2) is 54.9 Å². The number of anilines is 1. The number of rotatable bonds is 5. The van der Waals surface area contributed by atoms with E-state index in [2.05, 4.69) is 34.5 Å². The van der Waals surface area contributed by atoms with E-state index in [1.807, 2.05) is 35.2 Å². The van der Waals surface area contributed by atoms with Crippen LogP contribution in [0.4, 0.5) is 5.69 Å². The second-order valence-corrected chi connectivity index (χ2v) is 5.48. The first kappa shape index (κ1) is 13.7. The third-order valence-electron chi connectivity index (χ3n) is 3.99. The molecule has 0 spiro atoms. The van der Waals surface area contributed by atoms with Crippen molar-refractivity contribution in [1.29, 1.82) is 0 Å². The fraction of sp³-hybridized carbons (Fsp3) is 0.353. The van der Waals surface area contributed by atoms with Crippen molar-refractivity contribution in [2.24, 2.45) is 0 Å². The van der Waals surface area contributed by atoms with Gasteiger partial charge in [0.2, 0.25) is 5.91 Å². The number of nitrogens with one attached hydrogen (secondary N) is 1. The molecule has 1 amide bonds. The number of nitrogens with zero attached hydrogens (tertiary/aromatic N) is 2. The van der Waals surface area contributed by atoms with E-state index in [0.717, 1.165) is 19.5 Å². The smallest absolute Gasteiger partial charge is 0.239 e. The molecule has 1 atom stereocenters. The van der Waals surface area contributed by atoms with Crippen molar-refractivity contribution >= 4 is 11.6 Å². The van der Waals surface area contributed by atoms with Crippen molar-refractivity contribution < 1.29 is 4.79 Å². The van der Waals surface area contributed by atoms with Crippen molar-refractivity contribution in [1.82, 2.24) is 9.88 Å². The third kappa shape index (κ3) is 3.45. The summed E-state index contributed by atoms with van der Waals surface area (Å²) in [7, 11) is 0. The predicted molar refractivity (Wildman–Crippen MR) is 84.3 cm³/mol. The molecule has 2 heterocycles. The highest BCUT2D eigenvalue weighted by Gasteiger charge is 2.24. The molecule has 1 fully saturated rings. The zero-order valence-electron chi connectivity index (χ0n) is 12.1. The average Bonchev–Trinajstić information content (AvgIpc) is 3.17. The molecule has 2 aromatic rings. The normalized spacial score (nSPS) is 17.9. The van der Waals surface area contributed by atoms with Crippen molar-refractivity contribution in [3.63, 3.8) is 0 Å². The van der Waals surface area contributed by atoms with Gasteiger partial charge in [0.15, 0.2) is 0 Å². The molecule has 21 heavy (non-hydrogen) atoms. The molecule has 1 aromatic heterocycles. The topological polar surface area (TPSA) is 37.3 Å². The Balaban J connectivity index is 1.53. The zero-order chi connectivity index (χ0) is 14.5. The number of benzene rings is 1. The highest BCUT2D eigenvalue weighted by atomic mass is 16.1. The molecule has 1 aromatic carbocycles. The summed E-state index contributed by atoms with van der Waals surface area (Å²) in [5.74, 6) is 0.0751. The first-order chi connectivity index (χ1) is 10.3. The van der Waals surface area contributed by atoms with Gasteiger partial charge in [-0.15, -0.1) is 0 Å².